The number of nitrogens with one attached hydrogen (secondary N) is 1. The van der Waals surface area contributed by atoms with E-state index < -0.39 is 5.97 Å². The lowest BCUT2D eigenvalue weighted by molar-refractivity contribution is 0.0691. The van der Waals surface area contributed by atoms with Crippen LogP contribution in [0.3, 0.4) is 0 Å². The predicted octanol–water partition coefficient (Wildman–Crippen LogP) is 2.62. The van der Waals surface area contributed by atoms with Crippen LogP contribution in [-0.2, 0) is 0 Å². The molecule has 19 heavy (non-hydrogen) atoms. The Bertz CT molecular complexity index is 520. The molecule has 0 spiro atoms. The van der Waals surface area contributed by atoms with Gasteiger partial charge in [-0.2, -0.15) is 0 Å². The molecule has 0 unspecified atom stereocenters. The molecule has 2 N–H and O–H groups in total. The second-order valence-corrected chi connectivity index (χ2v) is 4.64. The SMILES string of the molecule is O=C(O)c1ccccc1C(=O)NCC1=CCCCC1. The number of carbonyl (C=O) groups is 2. The van der Waals surface area contributed by atoms with E-state index in [-0.39, 0.29) is 17.0 Å². The maximum atomic E-state index is 12.0. The van der Waals surface area contributed by atoms with E-state index in [2.05, 4.69) is 11.4 Å². The summed E-state index contributed by atoms with van der Waals surface area (Å²) >= 11 is 0. The average molecular weight is 259 g/mol. The van der Waals surface area contributed by atoms with Crippen molar-refractivity contribution < 1.29 is 14.7 Å². The van der Waals surface area contributed by atoms with Crippen LogP contribution in [0.25, 0.3) is 0 Å². The molecule has 0 aliphatic heterocycles. The maximum absolute atomic E-state index is 12.0. The number of amides is 1. The molecule has 1 amide bonds. The van der Waals surface area contributed by atoms with Gasteiger partial charge in [-0.15, -0.1) is 0 Å². The Labute approximate surface area is 112 Å². The third-order valence-electron chi connectivity index (χ3n) is 3.26. The molecule has 0 bridgehead atoms. The smallest absolute Gasteiger partial charge is 0.336 e. The number of allylic oxidation sites excluding steroid dienone is 1. The van der Waals surface area contributed by atoms with Crippen molar-refractivity contribution in [3.05, 3.63) is 47.0 Å². The van der Waals surface area contributed by atoms with Crippen molar-refractivity contribution in [2.75, 3.05) is 6.54 Å². The Morgan fingerprint density at radius 1 is 1.16 bits per heavy atom. The molecule has 0 fully saturated rings. The van der Waals surface area contributed by atoms with Gasteiger partial charge in [0.15, 0.2) is 0 Å². The zero-order chi connectivity index (χ0) is 13.7. The monoisotopic (exact) mass is 259 g/mol. The summed E-state index contributed by atoms with van der Waals surface area (Å²) in [5.41, 5.74) is 1.48. The summed E-state index contributed by atoms with van der Waals surface area (Å²) in [6.45, 7) is 0.507. The van der Waals surface area contributed by atoms with Crippen LogP contribution < -0.4 is 5.32 Å². The molecule has 1 aliphatic rings. The molecule has 0 aromatic heterocycles. The quantitative estimate of drug-likeness (QED) is 0.817. The summed E-state index contributed by atoms with van der Waals surface area (Å²) in [5, 5.41) is 11.8. The van der Waals surface area contributed by atoms with E-state index >= 15 is 0 Å². The van der Waals surface area contributed by atoms with Crippen molar-refractivity contribution in [1.82, 2.24) is 5.32 Å². The zero-order valence-electron chi connectivity index (χ0n) is 10.7. The predicted molar refractivity (Wildman–Crippen MR) is 72.3 cm³/mol. The largest absolute Gasteiger partial charge is 0.478 e. The van der Waals surface area contributed by atoms with Gasteiger partial charge >= 0.3 is 5.97 Å². The van der Waals surface area contributed by atoms with Gasteiger partial charge in [0, 0.05) is 6.54 Å². The van der Waals surface area contributed by atoms with Gasteiger partial charge in [0.25, 0.3) is 5.91 Å². The molecule has 4 nitrogen and oxygen atoms in total. The fourth-order valence-electron chi connectivity index (χ4n) is 2.22. The van der Waals surface area contributed by atoms with Crippen LogP contribution in [0.15, 0.2) is 35.9 Å². The molecule has 2 rings (SSSR count). The first kappa shape index (κ1) is 13.3. The van der Waals surface area contributed by atoms with E-state index in [1.54, 1.807) is 12.1 Å². The minimum atomic E-state index is -1.08. The first-order valence-electron chi connectivity index (χ1n) is 6.47. The Morgan fingerprint density at radius 2 is 1.89 bits per heavy atom. The lowest BCUT2D eigenvalue weighted by Gasteiger charge is -2.14. The highest BCUT2D eigenvalue weighted by atomic mass is 16.4. The van der Waals surface area contributed by atoms with Gasteiger partial charge < -0.3 is 10.4 Å². The highest BCUT2D eigenvalue weighted by molar-refractivity contribution is 6.04. The van der Waals surface area contributed by atoms with Crippen LogP contribution in [0.4, 0.5) is 0 Å². The molecule has 0 saturated carbocycles. The summed E-state index contributed by atoms with van der Waals surface area (Å²) in [4.78, 5) is 23.1. The van der Waals surface area contributed by atoms with Gasteiger partial charge in [-0.25, -0.2) is 4.79 Å². The number of carbonyl (C=O) groups excluding carboxylic acids is 1. The van der Waals surface area contributed by atoms with Gasteiger partial charge in [-0.3, -0.25) is 4.79 Å². The Hall–Kier alpha value is -2.10. The molecule has 1 aliphatic carbocycles. The third-order valence-corrected chi connectivity index (χ3v) is 3.26. The van der Waals surface area contributed by atoms with Gasteiger partial charge in [-0.05, 0) is 37.8 Å². The second-order valence-electron chi connectivity index (χ2n) is 4.64. The topological polar surface area (TPSA) is 66.4 Å². The average Bonchev–Trinajstić information content (AvgIpc) is 2.46. The summed E-state index contributed by atoms with van der Waals surface area (Å²) in [7, 11) is 0. The number of benzene rings is 1. The minimum Gasteiger partial charge on any atom is -0.478 e. The summed E-state index contributed by atoms with van der Waals surface area (Å²) < 4.78 is 0. The Kier molecular flexibility index (Phi) is 4.34. The number of rotatable bonds is 4. The maximum Gasteiger partial charge on any atom is 0.336 e. The first-order valence-corrected chi connectivity index (χ1v) is 6.47. The number of aromatic carboxylic acids is 1. The highest BCUT2D eigenvalue weighted by Gasteiger charge is 2.15. The van der Waals surface area contributed by atoms with Gasteiger partial charge in [0.05, 0.1) is 11.1 Å². The van der Waals surface area contributed by atoms with Crippen molar-refractivity contribution in [2.24, 2.45) is 0 Å². The van der Waals surface area contributed by atoms with Crippen molar-refractivity contribution >= 4 is 11.9 Å². The van der Waals surface area contributed by atoms with Crippen molar-refractivity contribution in [3.63, 3.8) is 0 Å². The summed E-state index contributed by atoms with van der Waals surface area (Å²) in [5.74, 6) is -1.41. The second kappa shape index (κ2) is 6.18. The number of carboxylic acids is 1. The molecule has 1 aromatic rings. The number of hydrogen-bond acceptors (Lipinski definition) is 2. The summed E-state index contributed by atoms with van der Waals surface area (Å²) in [6.07, 6.45) is 6.61. The molecule has 100 valence electrons. The molecule has 0 saturated heterocycles. The fourth-order valence-corrected chi connectivity index (χ4v) is 2.22. The van der Waals surface area contributed by atoms with E-state index in [9.17, 15) is 9.59 Å². The lowest BCUT2D eigenvalue weighted by Crippen LogP contribution is -2.27. The molecule has 4 heteroatoms. The fraction of sp³-hybridized carbons (Fsp3) is 0.333. The van der Waals surface area contributed by atoms with Crippen molar-refractivity contribution in [2.45, 2.75) is 25.7 Å². The van der Waals surface area contributed by atoms with Crippen molar-refractivity contribution in [1.29, 1.82) is 0 Å². The van der Waals surface area contributed by atoms with Crippen LogP contribution in [0.1, 0.15) is 46.4 Å². The Balaban J connectivity index is 2.04. The minimum absolute atomic E-state index is 0.0395. The number of hydrogen-bond donors (Lipinski definition) is 2. The Morgan fingerprint density at radius 3 is 2.53 bits per heavy atom. The van der Waals surface area contributed by atoms with Gasteiger partial charge in [0.2, 0.25) is 0 Å². The van der Waals surface area contributed by atoms with Crippen LogP contribution in [0.2, 0.25) is 0 Å². The highest BCUT2D eigenvalue weighted by Crippen LogP contribution is 2.16. The number of carboxylic acid groups (broad SMARTS) is 1. The van der Waals surface area contributed by atoms with E-state index in [1.807, 2.05) is 0 Å². The van der Waals surface area contributed by atoms with Crippen LogP contribution in [0.5, 0.6) is 0 Å². The molecule has 0 radical (unpaired) electrons. The zero-order valence-corrected chi connectivity index (χ0v) is 10.7. The normalized spacial score (nSPS) is 14.6. The van der Waals surface area contributed by atoms with Crippen LogP contribution in [-0.4, -0.2) is 23.5 Å². The molecule has 0 heterocycles. The van der Waals surface area contributed by atoms with E-state index in [0.717, 1.165) is 19.3 Å². The molecule has 1 aromatic carbocycles. The van der Waals surface area contributed by atoms with E-state index in [4.69, 9.17) is 5.11 Å². The third kappa shape index (κ3) is 3.44. The van der Waals surface area contributed by atoms with E-state index in [1.165, 1.54) is 24.1 Å². The summed E-state index contributed by atoms with van der Waals surface area (Å²) in [6, 6.07) is 6.26. The lowest BCUT2D eigenvalue weighted by atomic mass is 9.99. The standard InChI is InChI=1S/C15H17NO3/c17-14(16-10-11-6-2-1-3-7-11)12-8-4-5-9-13(12)15(18)19/h4-6,8-9H,1-3,7,10H2,(H,16,17)(H,18,19). The van der Waals surface area contributed by atoms with Gasteiger partial charge in [-0.1, -0.05) is 23.8 Å². The van der Waals surface area contributed by atoms with E-state index in [0.29, 0.717) is 6.54 Å². The van der Waals surface area contributed by atoms with Crippen LogP contribution in [0, 0.1) is 0 Å². The molecule has 0 atom stereocenters. The van der Waals surface area contributed by atoms with Crippen LogP contribution >= 0.6 is 0 Å². The van der Waals surface area contributed by atoms with Gasteiger partial charge in [0.1, 0.15) is 0 Å². The first-order chi connectivity index (χ1) is 9.18. The molecular formula is C15H17NO3. The molecular weight excluding hydrogens is 242 g/mol. The van der Waals surface area contributed by atoms with Crippen molar-refractivity contribution in [3.8, 4) is 0 Å².